The van der Waals surface area contributed by atoms with Crippen LogP contribution in [0.4, 0.5) is 4.79 Å². The molecule has 31 heavy (non-hydrogen) atoms. The van der Waals surface area contributed by atoms with Gasteiger partial charge in [-0.3, -0.25) is 4.79 Å². The van der Waals surface area contributed by atoms with Gasteiger partial charge < -0.3 is 19.1 Å². The first-order valence-electron chi connectivity index (χ1n) is 10.5. The Morgan fingerprint density at radius 1 is 1.03 bits per heavy atom. The number of piperazine rings is 1. The smallest absolute Gasteiger partial charge is 0.410 e. The van der Waals surface area contributed by atoms with Gasteiger partial charge in [0.25, 0.3) is 5.91 Å². The summed E-state index contributed by atoms with van der Waals surface area (Å²) in [5.74, 6) is -0.0207. The summed E-state index contributed by atoms with van der Waals surface area (Å²) in [6.07, 6.45) is 3.58. The summed E-state index contributed by atoms with van der Waals surface area (Å²) in [5, 5.41) is 1.02. The second kappa shape index (κ2) is 8.00. The standard InChI is InChI=1S/C23H28N4O3S/c1-15-14-16(2)24-20-17(15)18(25-8-6-7-9-25)19(31-20)21(28)26-10-12-27(13-11-26)22(29)30-23(3,4)5/h6-9,14H,10-13H2,1-5H3. The number of amides is 2. The molecule has 1 aliphatic rings. The number of pyridine rings is 1. The number of aryl methyl sites for hydroxylation is 2. The fourth-order valence-electron chi connectivity index (χ4n) is 3.86. The van der Waals surface area contributed by atoms with E-state index in [1.165, 1.54) is 11.3 Å². The molecule has 1 aliphatic heterocycles. The minimum absolute atomic E-state index is 0.0207. The predicted octanol–water partition coefficient (Wildman–Crippen LogP) is 4.40. The molecule has 3 aromatic heterocycles. The number of aromatic nitrogens is 2. The van der Waals surface area contributed by atoms with Crippen molar-refractivity contribution in [2.75, 3.05) is 26.2 Å². The molecule has 0 radical (unpaired) electrons. The fourth-order valence-corrected chi connectivity index (χ4v) is 5.12. The van der Waals surface area contributed by atoms with Gasteiger partial charge in [-0.25, -0.2) is 9.78 Å². The Bertz CT molecular complexity index is 1120. The molecule has 3 aromatic rings. The van der Waals surface area contributed by atoms with E-state index in [0.29, 0.717) is 31.1 Å². The quantitative estimate of drug-likeness (QED) is 0.592. The average Bonchev–Trinajstić information content (AvgIpc) is 3.33. The molecule has 4 heterocycles. The van der Waals surface area contributed by atoms with Crippen LogP contribution in [0.2, 0.25) is 0 Å². The first-order valence-corrected chi connectivity index (χ1v) is 11.3. The van der Waals surface area contributed by atoms with Crippen LogP contribution < -0.4 is 0 Å². The first kappa shape index (κ1) is 21.4. The molecule has 0 bridgehead atoms. The average molecular weight is 441 g/mol. The largest absolute Gasteiger partial charge is 0.444 e. The molecule has 0 aliphatic carbocycles. The van der Waals surface area contributed by atoms with Gasteiger partial charge in [0.05, 0.1) is 5.69 Å². The molecule has 0 saturated carbocycles. The number of thiophene rings is 1. The van der Waals surface area contributed by atoms with E-state index in [4.69, 9.17) is 4.74 Å². The van der Waals surface area contributed by atoms with Gasteiger partial charge in [-0.1, -0.05) is 0 Å². The molecule has 2 amide bonds. The van der Waals surface area contributed by atoms with Crippen LogP contribution in [0.25, 0.3) is 15.9 Å². The van der Waals surface area contributed by atoms with Gasteiger partial charge in [0.2, 0.25) is 0 Å². The Labute approximate surface area is 186 Å². The second-order valence-electron chi connectivity index (χ2n) is 8.89. The maximum atomic E-state index is 13.5. The molecule has 8 heteroatoms. The van der Waals surface area contributed by atoms with Gasteiger partial charge >= 0.3 is 6.09 Å². The molecule has 4 rings (SSSR count). The summed E-state index contributed by atoms with van der Waals surface area (Å²) in [7, 11) is 0. The van der Waals surface area contributed by atoms with Crippen LogP contribution in [0, 0.1) is 13.8 Å². The van der Waals surface area contributed by atoms with E-state index in [9.17, 15) is 9.59 Å². The number of ether oxygens (including phenoxy) is 1. The van der Waals surface area contributed by atoms with Crippen molar-refractivity contribution in [3.05, 3.63) is 46.7 Å². The summed E-state index contributed by atoms with van der Waals surface area (Å²) in [5.41, 5.74) is 2.40. The summed E-state index contributed by atoms with van der Waals surface area (Å²) >= 11 is 1.44. The third-order valence-electron chi connectivity index (χ3n) is 5.24. The predicted molar refractivity (Wildman–Crippen MR) is 122 cm³/mol. The Morgan fingerprint density at radius 3 is 2.26 bits per heavy atom. The molecule has 0 N–H and O–H groups in total. The lowest BCUT2D eigenvalue weighted by atomic mass is 10.1. The van der Waals surface area contributed by atoms with Crippen molar-refractivity contribution in [1.29, 1.82) is 0 Å². The van der Waals surface area contributed by atoms with E-state index < -0.39 is 5.60 Å². The molecule has 0 spiro atoms. The van der Waals surface area contributed by atoms with Crippen molar-refractivity contribution < 1.29 is 14.3 Å². The lowest BCUT2D eigenvalue weighted by Crippen LogP contribution is -2.51. The summed E-state index contributed by atoms with van der Waals surface area (Å²) in [4.78, 5) is 35.6. The molecule has 1 saturated heterocycles. The number of hydrogen-bond donors (Lipinski definition) is 0. The second-order valence-corrected chi connectivity index (χ2v) is 9.89. The van der Waals surface area contributed by atoms with Crippen LogP contribution in [0.1, 0.15) is 41.7 Å². The Balaban J connectivity index is 1.61. The van der Waals surface area contributed by atoms with E-state index in [-0.39, 0.29) is 12.0 Å². The van der Waals surface area contributed by atoms with Gasteiger partial charge in [-0.15, -0.1) is 11.3 Å². The Morgan fingerprint density at radius 2 is 1.65 bits per heavy atom. The van der Waals surface area contributed by atoms with Crippen molar-refractivity contribution in [1.82, 2.24) is 19.4 Å². The van der Waals surface area contributed by atoms with Crippen molar-refractivity contribution in [3.63, 3.8) is 0 Å². The normalized spacial score (nSPS) is 14.9. The zero-order valence-corrected chi connectivity index (χ0v) is 19.5. The highest BCUT2D eigenvalue weighted by molar-refractivity contribution is 7.21. The highest BCUT2D eigenvalue weighted by Crippen LogP contribution is 2.36. The van der Waals surface area contributed by atoms with Crippen molar-refractivity contribution in [3.8, 4) is 5.69 Å². The van der Waals surface area contributed by atoms with E-state index in [1.54, 1.807) is 4.90 Å². The minimum atomic E-state index is -0.532. The zero-order chi connectivity index (χ0) is 22.3. The third-order valence-corrected chi connectivity index (χ3v) is 6.30. The molecule has 0 unspecified atom stereocenters. The first-order chi connectivity index (χ1) is 14.6. The molecule has 164 valence electrons. The van der Waals surface area contributed by atoms with Crippen LogP contribution >= 0.6 is 11.3 Å². The van der Waals surface area contributed by atoms with Crippen LogP contribution in [-0.2, 0) is 4.74 Å². The third kappa shape index (κ3) is 4.30. The van der Waals surface area contributed by atoms with Crippen LogP contribution in [0.5, 0.6) is 0 Å². The number of carbonyl (C=O) groups excluding carboxylic acids is 2. The van der Waals surface area contributed by atoms with E-state index in [1.807, 2.05) is 61.7 Å². The molecular weight excluding hydrogens is 412 g/mol. The van der Waals surface area contributed by atoms with Gasteiger partial charge in [-0.2, -0.15) is 0 Å². The number of carbonyl (C=O) groups is 2. The minimum Gasteiger partial charge on any atom is -0.444 e. The van der Waals surface area contributed by atoms with Gasteiger partial charge in [-0.05, 0) is 58.4 Å². The SMILES string of the molecule is Cc1cc(C)c2c(-n3cccc3)c(C(=O)N3CCN(C(=O)OC(C)(C)C)CC3)sc2n1. The molecule has 0 aromatic carbocycles. The van der Waals surface area contributed by atoms with Crippen molar-refractivity contribution >= 4 is 33.6 Å². The van der Waals surface area contributed by atoms with Crippen LogP contribution in [0.3, 0.4) is 0 Å². The highest BCUT2D eigenvalue weighted by Gasteiger charge is 2.31. The van der Waals surface area contributed by atoms with Crippen molar-refractivity contribution in [2.45, 2.75) is 40.2 Å². The number of fused-ring (bicyclic) bond motifs is 1. The maximum absolute atomic E-state index is 13.5. The Hall–Kier alpha value is -2.87. The summed E-state index contributed by atoms with van der Waals surface area (Å²) < 4.78 is 7.46. The van der Waals surface area contributed by atoms with Crippen molar-refractivity contribution in [2.24, 2.45) is 0 Å². The zero-order valence-electron chi connectivity index (χ0n) is 18.6. The number of hydrogen-bond acceptors (Lipinski definition) is 5. The monoisotopic (exact) mass is 440 g/mol. The van der Waals surface area contributed by atoms with E-state index in [0.717, 1.165) is 27.2 Å². The molecule has 1 fully saturated rings. The van der Waals surface area contributed by atoms with Gasteiger partial charge in [0, 0.05) is 49.7 Å². The number of rotatable bonds is 2. The molecule has 0 atom stereocenters. The molecular formula is C23H28N4O3S. The van der Waals surface area contributed by atoms with E-state index in [2.05, 4.69) is 18.0 Å². The fraction of sp³-hybridized carbons (Fsp3) is 0.435. The van der Waals surface area contributed by atoms with E-state index >= 15 is 0 Å². The molecule has 7 nitrogen and oxygen atoms in total. The maximum Gasteiger partial charge on any atom is 0.410 e. The lowest BCUT2D eigenvalue weighted by molar-refractivity contribution is 0.0141. The van der Waals surface area contributed by atoms with Crippen LogP contribution in [-0.4, -0.2) is 63.1 Å². The van der Waals surface area contributed by atoms with Gasteiger partial charge in [0.1, 0.15) is 15.3 Å². The topological polar surface area (TPSA) is 67.7 Å². The lowest BCUT2D eigenvalue weighted by Gasteiger charge is -2.35. The Kier molecular flexibility index (Phi) is 5.51. The summed E-state index contributed by atoms with van der Waals surface area (Å²) in [6.45, 7) is 11.5. The highest BCUT2D eigenvalue weighted by atomic mass is 32.1. The van der Waals surface area contributed by atoms with Crippen LogP contribution in [0.15, 0.2) is 30.6 Å². The van der Waals surface area contributed by atoms with Gasteiger partial charge in [0.15, 0.2) is 0 Å². The summed E-state index contributed by atoms with van der Waals surface area (Å²) in [6, 6.07) is 5.96. The number of nitrogens with zero attached hydrogens (tertiary/aromatic N) is 4.